The lowest BCUT2D eigenvalue weighted by molar-refractivity contribution is -0.141. The van der Waals surface area contributed by atoms with E-state index in [2.05, 4.69) is 0 Å². The van der Waals surface area contributed by atoms with Crippen LogP contribution >= 0.6 is 0 Å². The topological polar surface area (TPSA) is 38.8 Å². The zero-order valence-corrected chi connectivity index (χ0v) is 12.7. The summed E-state index contributed by atoms with van der Waals surface area (Å²) < 4.78 is 11.4. The van der Waals surface area contributed by atoms with Crippen molar-refractivity contribution in [3.8, 4) is 11.5 Å². The van der Waals surface area contributed by atoms with Gasteiger partial charge in [0.1, 0.15) is 6.61 Å². The molecule has 0 saturated carbocycles. The normalized spacial score (nSPS) is 17.6. The second-order valence-electron chi connectivity index (χ2n) is 5.40. The summed E-state index contributed by atoms with van der Waals surface area (Å²) in [5, 5.41) is 0. The zero-order valence-electron chi connectivity index (χ0n) is 12.7. The van der Waals surface area contributed by atoms with Gasteiger partial charge in [0.15, 0.2) is 11.5 Å². The molecule has 0 aromatic heterocycles. The monoisotopic (exact) mass is 297 g/mol. The van der Waals surface area contributed by atoms with Crippen molar-refractivity contribution in [2.24, 2.45) is 0 Å². The maximum absolute atomic E-state index is 12.6. The molecule has 0 radical (unpaired) electrons. The van der Waals surface area contributed by atoms with Crippen LogP contribution in [0, 0.1) is 0 Å². The Bertz CT molecular complexity index is 652. The van der Waals surface area contributed by atoms with Crippen LogP contribution in [0.4, 0.5) is 0 Å². The first-order valence-electron chi connectivity index (χ1n) is 7.37. The molecule has 0 aliphatic carbocycles. The molecule has 4 heteroatoms. The fourth-order valence-corrected chi connectivity index (χ4v) is 2.51. The second-order valence-corrected chi connectivity index (χ2v) is 5.40. The van der Waals surface area contributed by atoms with E-state index in [1.165, 1.54) is 0 Å². The van der Waals surface area contributed by atoms with E-state index in [0.717, 1.165) is 5.56 Å². The second kappa shape index (κ2) is 6.10. The number of amides is 1. The Balaban J connectivity index is 1.72. The summed E-state index contributed by atoms with van der Waals surface area (Å²) in [5.74, 6) is 1.23. The Morgan fingerprint density at radius 2 is 1.73 bits per heavy atom. The van der Waals surface area contributed by atoms with Crippen LogP contribution in [0.15, 0.2) is 54.6 Å². The van der Waals surface area contributed by atoms with Gasteiger partial charge in [-0.25, -0.2) is 0 Å². The van der Waals surface area contributed by atoms with Crippen molar-refractivity contribution < 1.29 is 14.3 Å². The predicted octanol–water partition coefficient (Wildman–Crippen LogP) is 3.05. The van der Waals surface area contributed by atoms with Crippen LogP contribution in [0.5, 0.6) is 11.5 Å². The van der Waals surface area contributed by atoms with Crippen molar-refractivity contribution in [1.82, 2.24) is 4.90 Å². The van der Waals surface area contributed by atoms with Gasteiger partial charge in [-0.05, 0) is 24.6 Å². The van der Waals surface area contributed by atoms with E-state index in [-0.39, 0.29) is 18.6 Å². The molecule has 2 aromatic rings. The number of carbonyl (C=O) groups is 1. The smallest absolute Gasteiger partial charge is 0.267 e. The Morgan fingerprint density at radius 1 is 1.09 bits per heavy atom. The molecule has 3 rings (SSSR count). The SMILES string of the molecule is C[C@@H](c1ccccc1)N(C)C(=O)[C@H]1COc2ccccc2O1. The fraction of sp³-hybridized carbons (Fsp3) is 0.278. The number of ether oxygens (including phenoxy) is 2. The number of benzene rings is 2. The highest BCUT2D eigenvalue weighted by Gasteiger charge is 2.31. The molecule has 0 spiro atoms. The van der Waals surface area contributed by atoms with Gasteiger partial charge in [-0.15, -0.1) is 0 Å². The maximum atomic E-state index is 12.6. The summed E-state index contributed by atoms with van der Waals surface area (Å²) in [4.78, 5) is 14.3. The number of rotatable bonds is 3. The lowest BCUT2D eigenvalue weighted by atomic mass is 10.1. The number of likely N-dealkylation sites (N-methyl/N-ethyl adjacent to an activating group) is 1. The molecule has 0 saturated heterocycles. The standard InChI is InChI=1S/C18H19NO3/c1-13(14-8-4-3-5-9-14)19(2)18(20)17-12-21-15-10-6-7-11-16(15)22-17/h3-11,13,17H,12H2,1-2H3/t13-,17+/m0/s1. The molecule has 4 nitrogen and oxygen atoms in total. The molecule has 1 amide bonds. The first-order valence-corrected chi connectivity index (χ1v) is 7.37. The maximum Gasteiger partial charge on any atom is 0.267 e. The first kappa shape index (κ1) is 14.4. The van der Waals surface area contributed by atoms with Gasteiger partial charge in [-0.1, -0.05) is 42.5 Å². The van der Waals surface area contributed by atoms with E-state index >= 15 is 0 Å². The van der Waals surface area contributed by atoms with Gasteiger partial charge in [-0.3, -0.25) is 4.79 Å². The van der Waals surface area contributed by atoms with E-state index in [0.29, 0.717) is 11.5 Å². The molecule has 2 aromatic carbocycles. The van der Waals surface area contributed by atoms with Crippen molar-refractivity contribution in [3.63, 3.8) is 0 Å². The third-order valence-corrected chi connectivity index (χ3v) is 3.99. The number of hydrogen-bond donors (Lipinski definition) is 0. The molecule has 0 bridgehead atoms. The van der Waals surface area contributed by atoms with Crippen LogP contribution in [0.25, 0.3) is 0 Å². The van der Waals surface area contributed by atoms with Crippen molar-refractivity contribution in [3.05, 3.63) is 60.2 Å². The Morgan fingerprint density at radius 3 is 2.45 bits per heavy atom. The minimum atomic E-state index is -0.605. The minimum absolute atomic E-state index is 0.0190. The molecule has 1 heterocycles. The Hall–Kier alpha value is -2.49. The van der Waals surface area contributed by atoms with Crippen LogP contribution in [0.3, 0.4) is 0 Å². The van der Waals surface area contributed by atoms with Gasteiger partial charge in [-0.2, -0.15) is 0 Å². The Labute approximate surface area is 130 Å². The summed E-state index contributed by atoms with van der Waals surface area (Å²) in [5.41, 5.74) is 1.09. The third-order valence-electron chi connectivity index (χ3n) is 3.99. The minimum Gasteiger partial charge on any atom is -0.485 e. The number of carbonyl (C=O) groups excluding carboxylic acids is 1. The molecule has 22 heavy (non-hydrogen) atoms. The van der Waals surface area contributed by atoms with E-state index < -0.39 is 6.10 Å². The van der Waals surface area contributed by atoms with Gasteiger partial charge in [0.05, 0.1) is 6.04 Å². The molecule has 0 fully saturated rings. The summed E-state index contributed by atoms with van der Waals surface area (Å²) in [6, 6.07) is 17.3. The number of hydrogen-bond acceptors (Lipinski definition) is 3. The van der Waals surface area contributed by atoms with Gasteiger partial charge in [0, 0.05) is 7.05 Å². The van der Waals surface area contributed by atoms with Crippen LogP contribution in [-0.2, 0) is 4.79 Å². The van der Waals surface area contributed by atoms with E-state index in [9.17, 15) is 4.79 Å². The van der Waals surface area contributed by atoms with Gasteiger partial charge >= 0.3 is 0 Å². The quantitative estimate of drug-likeness (QED) is 0.874. The molecule has 2 atom stereocenters. The molecule has 0 N–H and O–H groups in total. The summed E-state index contributed by atoms with van der Waals surface area (Å²) in [7, 11) is 1.80. The van der Waals surface area contributed by atoms with Crippen LogP contribution < -0.4 is 9.47 Å². The third kappa shape index (κ3) is 2.77. The lowest BCUT2D eigenvalue weighted by Crippen LogP contribution is -2.45. The van der Waals surface area contributed by atoms with E-state index in [4.69, 9.17) is 9.47 Å². The fourth-order valence-electron chi connectivity index (χ4n) is 2.51. The van der Waals surface area contributed by atoms with Crippen molar-refractivity contribution in [2.75, 3.05) is 13.7 Å². The van der Waals surface area contributed by atoms with E-state index in [1.54, 1.807) is 11.9 Å². The summed E-state index contributed by atoms with van der Waals surface area (Å²) in [6.45, 7) is 2.24. The summed E-state index contributed by atoms with van der Waals surface area (Å²) in [6.07, 6.45) is -0.605. The van der Waals surface area contributed by atoms with Crippen molar-refractivity contribution in [1.29, 1.82) is 0 Å². The number of nitrogens with zero attached hydrogens (tertiary/aromatic N) is 1. The summed E-state index contributed by atoms with van der Waals surface area (Å²) >= 11 is 0. The van der Waals surface area contributed by atoms with Gasteiger partial charge < -0.3 is 14.4 Å². The largest absolute Gasteiger partial charge is 0.485 e. The number of para-hydroxylation sites is 2. The van der Waals surface area contributed by atoms with Gasteiger partial charge in [0.25, 0.3) is 5.91 Å². The highest BCUT2D eigenvalue weighted by molar-refractivity contribution is 5.82. The van der Waals surface area contributed by atoms with Crippen LogP contribution in [-0.4, -0.2) is 30.6 Å². The average molecular weight is 297 g/mol. The van der Waals surface area contributed by atoms with E-state index in [1.807, 2.05) is 61.5 Å². The molecule has 0 unspecified atom stereocenters. The van der Waals surface area contributed by atoms with Gasteiger partial charge in [0.2, 0.25) is 6.10 Å². The predicted molar refractivity (Wildman–Crippen MR) is 84.0 cm³/mol. The molecular weight excluding hydrogens is 278 g/mol. The van der Waals surface area contributed by atoms with Crippen LogP contribution in [0.2, 0.25) is 0 Å². The highest BCUT2D eigenvalue weighted by Crippen LogP contribution is 2.31. The lowest BCUT2D eigenvalue weighted by Gasteiger charge is -2.32. The highest BCUT2D eigenvalue weighted by atomic mass is 16.6. The molecule has 1 aliphatic heterocycles. The van der Waals surface area contributed by atoms with Crippen molar-refractivity contribution in [2.45, 2.75) is 19.1 Å². The molecule has 1 aliphatic rings. The average Bonchev–Trinajstić information content (AvgIpc) is 2.60. The van der Waals surface area contributed by atoms with Crippen molar-refractivity contribution >= 4 is 5.91 Å². The Kier molecular flexibility index (Phi) is 4.00. The van der Waals surface area contributed by atoms with Crippen LogP contribution in [0.1, 0.15) is 18.5 Å². The zero-order chi connectivity index (χ0) is 15.5. The first-order chi connectivity index (χ1) is 10.7. The molecule has 114 valence electrons. The number of fused-ring (bicyclic) bond motifs is 1. The molecular formula is C18H19NO3.